The first-order valence-corrected chi connectivity index (χ1v) is 3.47. The minimum atomic E-state index is 0.323. The highest BCUT2D eigenvalue weighted by molar-refractivity contribution is 6.20. The summed E-state index contributed by atoms with van der Waals surface area (Å²) in [6.07, 6.45) is 4.34. The molecule has 1 unspecified atom stereocenters. The molecule has 8 heavy (non-hydrogen) atoms. The van der Waals surface area contributed by atoms with Crippen molar-refractivity contribution >= 4 is 11.6 Å². The molecule has 0 aromatic carbocycles. The maximum absolute atomic E-state index is 5.81. The van der Waals surface area contributed by atoms with Crippen LogP contribution in [0.3, 0.4) is 0 Å². The molecule has 47 valence electrons. The van der Waals surface area contributed by atoms with E-state index < -0.39 is 0 Å². The Bertz CT molecular complexity index is 66.9. The molecule has 1 saturated carbocycles. The second-order valence-electron chi connectivity index (χ2n) is 2.35. The molecule has 1 radical (unpaired) electrons. The molecule has 0 bridgehead atoms. The molecule has 1 atom stereocenters. The molecule has 0 saturated heterocycles. The van der Waals surface area contributed by atoms with E-state index in [4.69, 9.17) is 17.3 Å². The van der Waals surface area contributed by atoms with Crippen molar-refractivity contribution in [2.45, 2.75) is 31.1 Å². The molecule has 0 aromatic heterocycles. The van der Waals surface area contributed by atoms with Crippen LogP contribution >= 0.6 is 11.6 Å². The van der Waals surface area contributed by atoms with Crippen LogP contribution < -0.4 is 5.73 Å². The van der Waals surface area contributed by atoms with Gasteiger partial charge in [0.2, 0.25) is 0 Å². The molecule has 2 heteroatoms. The number of rotatable bonds is 0. The standard InChI is InChI=1S/C6H11ClN/c7-5-2-1-3-6(8)4-5/h5H,1-4,8H2. The largest absolute Gasteiger partial charge is 0.323 e. The van der Waals surface area contributed by atoms with E-state index in [9.17, 15) is 0 Å². The van der Waals surface area contributed by atoms with Crippen LogP contribution in [0.2, 0.25) is 0 Å². The molecule has 1 aliphatic rings. The van der Waals surface area contributed by atoms with E-state index in [-0.39, 0.29) is 0 Å². The summed E-state index contributed by atoms with van der Waals surface area (Å²) in [4.78, 5) is 0. The van der Waals surface area contributed by atoms with E-state index in [1.807, 2.05) is 0 Å². The van der Waals surface area contributed by atoms with Crippen LogP contribution in [0.1, 0.15) is 25.7 Å². The van der Waals surface area contributed by atoms with E-state index >= 15 is 0 Å². The third kappa shape index (κ3) is 1.64. The molecule has 0 heterocycles. The summed E-state index contributed by atoms with van der Waals surface area (Å²) in [7, 11) is 0. The highest BCUT2D eigenvalue weighted by atomic mass is 35.5. The lowest BCUT2D eigenvalue weighted by molar-refractivity contribution is 0.536. The summed E-state index contributed by atoms with van der Waals surface area (Å²) in [6, 6.07) is 1.08. The lowest BCUT2D eigenvalue weighted by atomic mass is 9.96. The zero-order valence-electron chi connectivity index (χ0n) is 4.86. The highest BCUT2D eigenvalue weighted by Gasteiger charge is 2.16. The van der Waals surface area contributed by atoms with Crippen molar-refractivity contribution < 1.29 is 0 Å². The molecule has 0 amide bonds. The minimum absolute atomic E-state index is 0.323. The SMILES string of the molecule is N[C]1CCCC(Cl)C1. The zero-order chi connectivity index (χ0) is 5.98. The van der Waals surface area contributed by atoms with Gasteiger partial charge in [0.05, 0.1) is 0 Å². The quantitative estimate of drug-likeness (QED) is 0.499. The highest BCUT2D eigenvalue weighted by Crippen LogP contribution is 2.25. The van der Waals surface area contributed by atoms with Crippen LogP contribution in [0.25, 0.3) is 0 Å². The summed E-state index contributed by atoms with van der Waals surface area (Å²) >= 11 is 5.81. The first-order chi connectivity index (χ1) is 3.79. The molecule has 1 fully saturated rings. The van der Waals surface area contributed by atoms with Gasteiger partial charge >= 0.3 is 0 Å². The first kappa shape index (κ1) is 6.37. The minimum Gasteiger partial charge on any atom is -0.323 e. The average molecular weight is 133 g/mol. The third-order valence-electron chi connectivity index (χ3n) is 1.50. The Labute approximate surface area is 55.2 Å². The Kier molecular flexibility index (Phi) is 2.15. The van der Waals surface area contributed by atoms with Gasteiger partial charge in [-0.15, -0.1) is 11.6 Å². The summed E-state index contributed by atoms with van der Waals surface area (Å²) in [6.45, 7) is 0. The number of hydrogen-bond donors (Lipinski definition) is 1. The molecule has 0 aromatic rings. The number of hydrogen-bond acceptors (Lipinski definition) is 1. The fraction of sp³-hybridized carbons (Fsp3) is 0.833. The number of alkyl halides is 1. The average Bonchev–Trinajstić information content (AvgIpc) is 1.64. The van der Waals surface area contributed by atoms with Gasteiger partial charge in [-0.25, -0.2) is 0 Å². The van der Waals surface area contributed by atoms with Crippen LogP contribution in [0.4, 0.5) is 0 Å². The van der Waals surface area contributed by atoms with Gasteiger partial charge in [-0.05, 0) is 19.3 Å². The van der Waals surface area contributed by atoms with Gasteiger partial charge < -0.3 is 5.73 Å². The monoisotopic (exact) mass is 132 g/mol. The summed E-state index contributed by atoms with van der Waals surface area (Å²) in [5.74, 6) is 0. The van der Waals surface area contributed by atoms with Gasteiger partial charge in [0.25, 0.3) is 0 Å². The van der Waals surface area contributed by atoms with Gasteiger partial charge in [0.15, 0.2) is 0 Å². The number of halogens is 1. The second-order valence-corrected chi connectivity index (χ2v) is 2.97. The molecule has 2 N–H and O–H groups in total. The van der Waals surface area contributed by atoms with E-state index in [0.717, 1.165) is 25.3 Å². The van der Waals surface area contributed by atoms with E-state index in [2.05, 4.69) is 0 Å². The molecular weight excluding hydrogens is 122 g/mol. The van der Waals surface area contributed by atoms with Gasteiger partial charge in [0.1, 0.15) is 0 Å². The Morgan fingerprint density at radius 1 is 1.62 bits per heavy atom. The molecule has 1 rings (SSSR count). The fourth-order valence-corrected chi connectivity index (χ4v) is 1.39. The van der Waals surface area contributed by atoms with Gasteiger partial charge in [-0.1, -0.05) is 6.42 Å². The third-order valence-corrected chi connectivity index (χ3v) is 1.87. The van der Waals surface area contributed by atoms with E-state index in [0.29, 0.717) is 5.38 Å². The predicted molar refractivity (Wildman–Crippen MR) is 35.5 cm³/mol. The normalized spacial score (nSPS) is 33.0. The molecule has 1 aliphatic carbocycles. The maximum Gasteiger partial charge on any atom is 0.0354 e. The summed E-state index contributed by atoms with van der Waals surface area (Å²) in [5.41, 5.74) is 5.56. The zero-order valence-corrected chi connectivity index (χ0v) is 5.62. The Morgan fingerprint density at radius 3 is 2.75 bits per heavy atom. The molecule has 1 nitrogen and oxygen atoms in total. The van der Waals surface area contributed by atoms with E-state index in [1.165, 1.54) is 6.42 Å². The van der Waals surface area contributed by atoms with Crippen molar-refractivity contribution in [2.75, 3.05) is 0 Å². The van der Waals surface area contributed by atoms with Crippen molar-refractivity contribution in [3.63, 3.8) is 0 Å². The Hall–Kier alpha value is 0.250. The summed E-state index contributed by atoms with van der Waals surface area (Å²) < 4.78 is 0. The number of nitrogens with two attached hydrogens (primary N) is 1. The van der Waals surface area contributed by atoms with Gasteiger partial charge in [0, 0.05) is 11.4 Å². The van der Waals surface area contributed by atoms with Crippen molar-refractivity contribution in [1.29, 1.82) is 0 Å². The smallest absolute Gasteiger partial charge is 0.0354 e. The van der Waals surface area contributed by atoms with Crippen molar-refractivity contribution in [3.8, 4) is 0 Å². The lowest BCUT2D eigenvalue weighted by Gasteiger charge is -2.20. The predicted octanol–water partition coefficient (Wildman–Crippen LogP) is 1.66. The van der Waals surface area contributed by atoms with Gasteiger partial charge in [-0.3, -0.25) is 0 Å². The van der Waals surface area contributed by atoms with Crippen LogP contribution in [0.15, 0.2) is 0 Å². The maximum atomic E-state index is 5.81. The van der Waals surface area contributed by atoms with E-state index in [1.54, 1.807) is 0 Å². The van der Waals surface area contributed by atoms with Crippen molar-refractivity contribution in [3.05, 3.63) is 6.04 Å². The molecule has 0 spiro atoms. The van der Waals surface area contributed by atoms with Crippen LogP contribution in [0, 0.1) is 6.04 Å². The van der Waals surface area contributed by atoms with Crippen molar-refractivity contribution in [1.82, 2.24) is 0 Å². The second kappa shape index (κ2) is 2.70. The Morgan fingerprint density at radius 2 is 2.38 bits per heavy atom. The fourth-order valence-electron chi connectivity index (χ4n) is 1.04. The van der Waals surface area contributed by atoms with Crippen LogP contribution in [-0.4, -0.2) is 5.38 Å². The van der Waals surface area contributed by atoms with Crippen molar-refractivity contribution in [2.24, 2.45) is 5.73 Å². The van der Waals surface area contributed by atoms with Gasteiger partial charge in [-0.2, -0.15) is 0 Å². The topological polar surface area (TPSA) is 26.0 Å². The summed E-state index contributed by atoms with van der Waals surface area (Å²) in [5, 5.41) is 0.323. The Balaban J connectivity index is 2.23. The lowest BCUT2D eigenvalue weighted by Crippen LogP contribution is -2.20. The first-order valence-electron chi connectivity index (χ1n) is 3.03. The molecule has 0 aliphatic heterocycles. The van der Waals surface area contributed by atoms with Crippen LogP contribution in [-0.2, 0) is 0 Å². The molecular formula is C6H11ClN. The van der Waals surface area contributed by atoms with Crippen LogP contribution in [0.5, 0.6) is 0 Å².